The molecular formula is C18H18N4O3. The number of hydrogen-bond acceptors (Lipinski definition) is 6. The number of pyridine rings is 2. The van der Waals surface area contributed by atoms with Crippen molar-refractivity contribution in [3.63, 3.8) is 0 Å². The van der Waals surface area contributed by atoms with Crippen molar-refractivity contribution in [2.45, 2.75) is 12.7 Å². The van der Waals surface area contributed by atoms with E-state index in [0.717, 1.165) is 12.2 Å². The van der Waals surface area contributed by atoms with Crippen LogP contribution in [0.15, 0.2) is 53.6 Å². The second-order valence-corrected chi connectivity index (χ2v) is 5.78. The molecule has 1 atom stereocenters. The lowest BCUT2D eigenvalue weighted by atomic mass is 10.2. The highest BCUT2D eigenvalue weighted by Crippen LogP contribution is 2.18. The van der Waals surface area contributed by atoms with Crippen molar-refractivity contribution in [2.24, 2.45) is 0 Å². The Bertz CT molecular complexity index is 921. The van der Waals surface area contributed by atoms with Crippen LogP contribution in [0.25, 0.3) is 5.65 Å². The zero-order chi connectivity index (χ0) is 17.1. The predicted octanol–water partition coefficient (Wildman–Crippen LogP) is 1.33. The average Bonchev–Trinajstić information content (AvgIpc) is 2.67. The Morgan fingerprint density at radius 2 is 2.28 bits per heavy atom. The molecule has 7 heteroatoms. The van der Waals surface area contributed by atoms with Gasteiger partial charge in [0.05, 0.1) is 18.0 Å². The predicted molar refractivity (Wildman–Crippen MR) is 91.6 cm³/mol. The maximum absolute atomic E-state index is 12.3. The first-order valence-corrected chi connectivity index (χ1v) is 8.18. The van der Waals surface area contributed by atoms with E-state index in [9.17, 15) is 4.79 Å². The molecule has 1 aliphatic heterocycles. The summed E-state index contributed by atoms with van der Waals surface area (Å²) in [4.78, 5) is 21.1. The van der Waals surface area contributed by atoms with Gasteiger partial charge in [-0.05, 0) is 18.2 Å². The van der Waals surface area contributed by atoms with Crippen LogP contribution in [0.2, 0.25) is 0 Å². The van der Waals surface area contributed by atoms with Crippen LogP contribution < -0.4 is 15.6 Å². The molecule has 7 nitrogen and oxygen atoms in total. The Labute approximate surface area is 144 Å². The third-order valence-corrected chi connectivity index (χ3v) is 4.03. The molecule has 0 amide bonds. The molecule has 3 aromatic heterocycles. The first-order chi connectivity index (χ1) is 12.3. The fraction of sp³-hybridized carbons (Fsp3) is 0.278. The third kappa shape index (κ3) is 3.52. The normalized spacial score (nSPS) is 17.5. The summed E-state index contributed by atoms with van der Waals surface area (Å²) < 4.78 is 12.9. The molecule has 1 aliphatic rings. The molecular weight excluding hydrogens is 320 g/mol. The summed E-state index contributed by atoms with van der Waals surface area (Å²) in [6, 6.07) is 10.7. The lowest BCUT2D eigenvalue weighted by molar-refractivity contribution is 0.0250. The summed E-state index contributed by atoms with van der Waals surface area (Å²) in [5.41, 5.74) is 1.88. The maximum atomic E-state index is 12.3. The first kappa shape index (κ1) is 15.7. The number of aromatic nitrogens is 3. The number of nitrogens with zero attached hydrogens (tertiary/aromatic N) is 3. The highest BCUT2D eigenvalue weighted by molar-refractivity contribution is 5.44. The molecule has 1 saturated heterocycles. The smallest absolute Gasteiger partial charge is 0.258 e. The molecule has 1 unspecified atom stereocenters. The van der Waals surface area contributed by atoms with Gasteiger partial charge in [0.1, 0.15) is 24.1 Å². The standard InChI is InChI=1S/C18H18N4O3/c23-18-10-15(16-11-19-6-8-24-16)21-17-9-14(4-7-22(17)18)25-12-13-3-1-2-5-20-13/h1-5,7,9-10,16,19H,6,8,11-12H2. The lowest BCUT2D eigenvalue weighted by Crippen LogP contribution is -2.34. The van der Waals surface area contributed by atoms with Crippen LogP contribution in [0.4, 0.5) is 0 Å². The summed E-state index contributed by atoms with van der Waals surface area (Å²) >= 11 is 0. The Hall–Kier alpha value is -2.77. The maximum Gasteiger partial charge on any atom is 0.258 e. The van der Waals surface area contributed by atoms with Crippen LogP contribution >= 0.6 is 0 Å². The second-order valence-electron chi connectivity index (χ2n) is 5.78. The Kier molecular flexibility index (Phi) is 4.41. The number of nitrogens with one attached hydrogen (secondary N) is 1. The van der Waals surface area contributed by atoms with E-state index >= 15 is 0 Å². The minimum Gasteiger partial charge on any atom is -0.487 e. The zero-order valence-electron chi connectivity index (χ0n) is 13.6. The average molecular weight is 338 g/mol. The number of morpholine rings is 1. The topological polar surface area (TPSA) is 77.8 Å². The van der Waals surface area contributed by atoms with Gasteiger partial charge in [-0.25, -0.2) is 4.98 Å². The molecule has 0 saturated carbocycles. The molecule has 128 valence electrons. The Morgan fingerprint density at radius 1 is 1.32 bits per heavy atom. The van der Waals surface area contributed by atoms with Gasteiger partial charge in [-0.1, -0.05) is 6.07 Å². The largest absolute Gasteiger partial charge is 0.487 e. The number of ether oxygens (including phenoxy) is 2. The van der Waals surface area contributed by atoms with Gasteiger partial charge in [0.25, 0.3) is 5.56 Å². The van der Waals surface area contributed by atoms with E-state index in [2.05, 4.69) is 15.3 Å². The van der Waals surface area contributed by atoms with Gasteiger partial charge < -0.3 is 14.8 Å². The first-order valence-electron chi connectivity index (χ1n) is 8.18. The minimum atomic E-state index is -0.204. The minimum absolute atomic E-state index is 0.134. The summed E-state index contributed by atoms with van der Waals surface area (Å²) in [6.07, 6.45) is 3.19. The number of fused-ring (bicyclic) bond motifs is 1. The summed E-state index contributed by atoms with van der Waals surface area (Å²) in [6.45, 7) is 2.43. The van der Waals surface area contributed by atoms with E-state index in [1.54, 1.807) is 24.5 Å². The van der Waals surface area contributed by atoms with Crippen LogP contribution in [0.5, 0.6) is 5.75 Å². The molecule has 0 aliphatic carbocycles. The van der Waals surface area contributed by atoms with Crippen molar-refractivity contribution in [3.05, 3.63) is 70.5 Å². The van der Waals surface area contributed by atoms with Gasteiger partial charge in [-0.15, -0.1) is 0 Å². The van der Waals surface area contributed by atoms with Gasteiger partial charge in [0, 0.05) is 37.6 Å². The molecule has 3 aromatic rings. The van der Waals surface area contributed by atoms with E-state index in [0.29, 0.717) is 36.8 Å². The van der Waals surface area contributed by atoms with E-state index in [-0.39, 0.29) is 11.7 Å². The van der Waals surface area contributed by atoms with E-state index in [1.165, 1.54) is 10.5 Å². The van der Waals surface area contributed by atoms with Gasteiger partial charge in [0.2, 0.25) is 0 Å². The van der Waals surface area contributed by atoms with Crippen molar-refractivity contribution in [1.82, 2.24) is 19.7 Å². The summed E-state index contributed by atoms with van der Waals surface area (Å²) in [7, 11) is 0. The molecule has 1 fully saturated rings. The SMILES string of the molecule is O=c1cc(C2CNCCO2)nc2cc(OCc3ccccn3)ccn12. The molecule has 1 N–H and O–H groups in total. The van der Waals surface area contributed by atoms with Gasteiger partial charge in [0.15, 0.2) is 0 Å². The molecule has 4 heterocycles. The number of hydrogen-bond donors (Lipinski definition) is 1. The second kappa shape index (κ2) is 7.00. The zero-order valence-corrected chi connectivity index (χ0v) is 13.6. The van der Waals surface area contributed by atoms with Gasteiger partial charge >= 0.3 is 0 Å². The highest BCUT2D eigenvalue weighted by Gasteiger charge is 2.18. The van der Waals surface area contributed by atoms with Crippen LogP contribution in [-0.4, -0.2) is 34.1 Å². The molecule has 0 bridgehead atoms. The van der Waals surface area contributed by atoms with Crippen molar-refractivity contribution in [3.8, 4) is 5.75 Å². The highest BCUT2D eigenvalue weighted by atomic mass is 16.5. The lowest BCUT2D eigenvalue weighted by Gasteiger charge is -2.23. The van der Waals surface area contributed by atoms with Crippen LogP contribution in [-0.2, 0) is 11.3 Å². The Morgan fingerprint density at radius 3 is 3.08 bits per heavy atom. The van der Waals surface area contributed by atoms with Gasteiger partial charge in [-0.3, -0.25) is 14.2 Å². The molecule has 0 spiro atoms. The Balaban J connectivity index is 1.60. The molecule has 0 radical (unpaired) electrons. The van der Waals surface area contributed by atoms with Gasteiger partial charge in [-0.2, -0.15) is 0 Å². The van der Waals surface area contributed by atoms with Crippen molar-refractivity contribution in [2.75, 3.05) is 19.7 Å². The van der Waals surface area contributed by atoms with E-state index in [1.807, 2.05) is 18.2 Å². The monoisotopic (exact) mass is 338 g/mol. The molecule has 4 rings (SSSR count). The van der Waals surface area contributed by atoms with Crippen LogP contribution in [0.3, 0.4) is 0 Å². The third-order valence-electron chi connectivity index (χ3n) is 4.03. The van der Waals surface area contributed by atoms with E-state index in [4.69, 9.17) is 9.47 Å². The van der Waals surface area contributed by atoms with Crippen molar-refractivity contribution < 1.29 is 9.47 Å². The number of rotatable bonds is 4. The van der Waals surface area contributed by atoms with Crippen LogP contribution in [0.1, 0.15) is 17.5 Å². The summed E-state index contributed by atoms with van der Waals surface area (Å²) in [5, 5.41) is 3.25. The van der Waals surface area contributed by atoms with E-state index < -0.39 is 0 Å². The summed E-state index contributed by atoms with van der Waals surface area (Å²) in [5.74, 6) is 0.636. The van der Waals surface area contributed by atoms with Crippen molar-refractivity contribution >= 4 is 5.65 Å². The molecule has 0 aromatic carbocycles. The van der Waals surface area contributed by atoms with Crippen molar-refractivity contribution in [1.29, 1.82) is 0 Å². The van der Waals surface area contributed by atoms with Crippen LogP contribution in [0, 0.1) is 0 Å². The quantitative estimate of drug-likeness (QED) is 0.773. The fourth-order valence-corrected chi connectivity index (χ4v) is 2.75. The fourth-order valence-electron chi connectivity index (χ4n) is 2.75. The molecule has 25 heavy (non-hydrogen) atoms.